The number of alkyl halides is 1. The Bertz CT molecular complexity index is 352. The van der Waals surface area contributed by atoms with Gasteiger partial charge in [-0.25, -0.2) is 0 Å². The van der Waals surface area contributed by atoms with Crippen molar-refractivity contribution in [3.05, 3.63) is 35.9 Å². The molecule has 0 radical (unpaired) electrons. The van der Waals surface area contributed by atoms with Crippen molar-refractivity contribution in [3.63, 3.8) is 0 Å². The normalized spacial score (nSPS) is 21.2. The minimum atomic E-state index is 0.125. The molecule has 1 aromatic rings. The standard InChI is InChI=1S/C13H16BrNO/c14-9-13(16)12-7-4-8-15(12)10-11-5-2-1-3-6-11/h1-3,5-6,12H,4,7-10H2/t12-/m0/s1. The summed E-state index contributed by atoms with van der Waals surface area (Å²) in [6.07, 6.45) is 2.15. The number of nitrogens with zero attached hydrogens (tertiary/aromatic N) is 1. The molecule has 0 aliphatic carbocycles. The van der Waals surface area contributed by atoms with Gasteiger partial charge in [0.05, 0.1) is 11.4 Å². The highest BCUT2D eigenvalue weighted by Crippen LogP contribution is 2.21. The Morgan fingerprint density at radius 3 is 2.81 bits per heavy atom. The van der Waals surface area contributed by atoms with Crippen molar-refractivity contribution in [3.8, 4) is 0 Å². The van der Waals surface area contributed by atoms with Gasteiger partial charge in [-0.15, -0.1) is 0 Å². The molecule has 1 aliphatic heterocycles. The lowest BCUT2D eigenvalue weighted by Gasteiger charge is -2.22. The number of ketones is 1. The lowest BCUT2D eigenvalue weighted by molar-refractivity contribution is -0.120. The number of benzene rings is 1. The third-order valence-electron chi connectivity index (χ3n) is 3.10. The van der Waals surface area contributed by atoms with E-state index in [1.54, 1.807) is 0 Å². The molecule has 86 valence electrons. The Balaban J connectivity index is 2.01. The first-order valence-electron chi connectivity index (χ1n) is 5.68. The summed E-state index contributed by atoms with van der Waals surface area (Å²) in [5.74, 6) is 0.313. The Hall–Kier alpha value is -0.670. The van der Waals surface area contributed by atoms with Gasteiger partial charge in [0.15, 0.2) is 5.78 Å². The van der Waals surface area contributed by atoms with Crippen molar-refractivity contribution in [2.75, 3.05) is 11.9 Å². The van der Waals surface area contributed by atoms with E-state index < -0.39 is 0 Å². The Morgan fingerprint density at radius 2 is 2.12 bits per heavy atom. The monoisotopic (exact) mass is 281 g/mol. The van der Waals surface area contributed by atoms with Crippen molar-refractivity contribution < 1.29 is 4.79 Å². The first kappa shape index (κ1) is 11.8. The number of rotatable bonds is 4. The molecule has 0 aromatic heterocycles. The molecule has 0 unspecified atom stereocenters. The zero-order valence-electron chi connectivity index (χ0n) is 9.23. The highest BCUT2D eigenvalue weighted by Gasteiger charge is 2.29. The fourth-order valence-electron chi connectivity index (χ4n) is 2.29. The van der Waals surface area contributed by atoms with Gasteiger partial charge in [-0.2, -0.15) is 0 Å². The van der Waals surface area contributed by atoms with Gasteiger partial charge in [0, 0.05) is 6.54 Å². The second-order valence-electron chi connectivity index (χ2n) is 4.21. The summed E-state index contributed by atoms with van der Waals surface area (Å²) in [5.41, 5.74) is 1.29. The van der Waals surface area contributed by atoms with E-state index in [0.717, 1.165) is 25.9 Å². The molecule has 2 nitrogen and oxygen atoms in total. The van der Waals surface area contributed by atoms with Crippen LogP contribution in [0.4, 0.5) is 0 Å². The number of hydrogen-bond acceptors (Lipinski definition) is 2. The predicted octanol–water partition coefficient (Wildman–Crippen LogP) is 2.62. The third kappa shape index (κ3) is 2.71. The van der Waals surface area contributed by atoms with E-state index in [4.69, 9.17) is 0 Å². The van der Waals surface area contributed by atoms with Crippen LogP contribution in [0.5, 0.6) is 0 Å². The van der Waals surface area contributed by atoms with Crippen LogP contribution in [-0.4, -0.2) is 28.6 Å². The minimum Gasteiger partial charge on any atom is -0.297 e. The number of halogens is 1. The molecular formula is C13H16BrNO. The van der Waals surface area contributed by atoms with Crippen molar-refractivity contribution in [2.24, 2.45) is 0 Å². The smallest absolute Gasteiger partial charge is 0.160 e. The molecule has 1 fully saturated rings. The summed E-state index contributed by atoms with van der Waals surface area (Å²) in [6.45, 7) is 1.93. The SMILES string of the molecule is O=C(CBr)[C@@H]1CCCN1Cc1ccccc1. The van der Waals surface area contributed by atoms with Gasteiger partial charge in [0.2, 0.25) is 0 Å². The quantitative estimate of drug-likeness (QED) is 0.791. The van der Waals surface area contributed by atoms with Crippen LogP contribution in [0.3, 0.4) is 0 Å². The number of Topliss-reactive ketones (excluding diaryl/α,β-unsaturated/α-hetero) is 1. The average molecular weight is 282 g/mol. The fraction of sp³-hybridized carbons (Fsp3) is 0.462. The molecule has 0 bridgehead atoms. The highest BCUT2D eigenvalue weighted by molar-refractivity contribution is 9.09. The number of carbonyl (C=O) groups is 1. The van der Waals surface area contributed by atoms with Crippen LogP contribution in [0.25, 0.3) is 0 Å². The van der Waals surface area contributed by atoms with Crippen LogP contribution in [0.2, 0.25) is 0 Å². The van der Waals surface area contributed by atoms with Crippen LogP contribution in [0.15, 0.2) is 30.3 Å². The van der Waals surface area contributed by atoms with Gasteiger partial charge in [0.1, 0.15) is 0 Å². The summed E-state index contributed by atoms with van der Waals surface area (Å²) in [4.78, 5) is 14.0. The average Bonchev–Trinajstić information content (AvgIpc) is 2.77. The zero-order valence-corrected chi connectivity index (χ0v) is 10.8. The lowest BCUT2D eigenvalue weighted by atomic mass is 10.1. The van der Waals surface area contributed by atoms with Gasteiger partial charge in [-0.05, 0) is 24.9 Å². The summed E-state index contributed by atoms with van der Waals surface area (Å²) in [5, 5.41) is 0.475. The first-order valence-corrected chi connectivity index (χ1v) is 6.80. The van der Waals surface area contributed by atoms with E-state index >= 15 is 0 Å². The maximum absolute atomic E-state index is 11.7. The molecule has 1 heterocycles. The maximum atomic E-state index is 11.7. The second kappa shape index (κ2) is 5.60. The Kier molecular flexibility index (Phi) is 4.13. The zero-order chi connectivity index (χ0) is 11.4. The minimum absolute atomic E-state index is 0.125. The van der Waals surface area contributed by atoms with Gasteiger partial charge < -0.3 is 0 Å². The molecule has 1 aliphatic rings. The van der Waals surface area contributed by atoms with Crippen molar-refractivity contribution in [2.45, 2.75) is 25.4 Å². The topological polar surface area (TPSA) is 20.3 Å². The molecule has 3 heteroatoms. The van der Waals surface area contributed by atoms with E-state index in [9.17, 15) is 4.79 Å². The van der Waals surface area contributed by atoms with E-state index in [2.05, 4.69) is 33.0 Å². The Labute approximate surface area is 105 Å². The number of carbonyl (C=O) groups excluding carboxylic acids is 1. The third-order valence-corrected chi connectivity index (χ3v) is 3.65. The molecule has 1 atom stereocenters. The van der Waals surface area contributed by atoms with Gasteiger partial charge in [0.25, 0.3) is 0 Å². The highest BCUT2D eigenvalue weighted by atomic mass is 79.9. The molecule has 0 saturated carbocycles. The molecular weight excluding hydrogens is 266 g/mol. The molecule has 0 amide bonds. The van der Waals surface area contributed by atoms with E-state index in [-0.39, 0.29) is 6.04 Å². The van der Waals surface area contributed by atoms with Crippen LogP contribution >= 0.6 is 15.9 Å². The summed E-state index contributed by atoms with van der Waals surface area (Å²) in [6, 6.07) is 10.5. The van der Waals surface area contributed by atoms with Crippen LogP contribution in [0, 0.1) is 0 Å². The maximum Gasteiger partial charge on any atom is 0.160 e. The lowest BCUT2D eigenvalue weighted by Crippen LogP contribution is -2.36. The number of hydrogen-bond donors (Lipinski definition) is 0. The van der Waals surface area contributed by atoms with Gasteiger partial charge >= 0.3 is 0 Å². The number of likely N-dealkylation sites (tertiary alicyclic amines) is 1. The largest absolute Gasteiger partial charge is 0.297 e. The van der Waals surface area contributed by atoms with Gasteiger partial charge in [-0.1, -0.05) is 46.3 Å². The molecule has 1 aromatic carbocycles. The van der Waals surface area contributed by atoms with Crippen LogP contribution in [-0.2, 0) is 11.3 Å². The van der Waals surface area contributed by atoms with Crippen molar-refractivity contribution >= 4 is 21.7 Å². The molecule has 0 N–H and O–H groups in total. The van der Waals surface area contributed by atoms with Gasteiger partial charge in [-0.3, -0.25) is 9.69 Å². The van der Waals surface area contributed by atoms with E-state index in [0.29, 0.717) is 11.1 Å². The van der Waals surface area contributed by atoms with E-state index in [1.807, 2.05) is 18.2 Å². The van der Waals surface area contributed by atoms with Crippen molar-refractivity contribution in [1.82, 2.24) is 4.90 Å². The van der Waals surface area contributed by atoms with E-state index in [1.165, 1.54) is 5.56 Å². The molecule has 2 rings (SSSR count). The molecule has 0 spiro atoms. The second-order valence-corrected chi connectivity index (χ2v) is 4.77. The summed E-state index contributed by atoms with van der Waals surface area (Å²) in [7, 11) is 0. The van der Waals surface area contributed by atoms with Crippen LogP contribution in [0.1, 0.15) is 18.4 Å². The summed E-state index contributed by atoms with van der Waals surface area (Å²) < 4.78 is 0. The molecule has 16 heavy (non-hydrogen) atoms. The van der Waals surface area contributed by atoms with Crippen molar-refractivity contribution in [1.29, 1.82) is 0 Å². The predicted molar refractivity (Wildman–Crippen MR) is 68.7 cm³/mol. The van der Waals surface area contributed by atoms with Crippen LogP contribution < -0.4 is 0 Å². The Morgan fingerprint density at radius 1 is 1.38 bits per heavy atom. The first-order chi connectivity index (χ1) is 7.81. The fourth-order valence-corrected chi connectivity index (χ4v) is 2.66. The molecule has 1 saturated heterocycles. The summed E-state index contributed by atoms with van der Waals surface area (Å²) >= 11 is 3.26.